The maximum absolute atomic E-state index is 5.91. The van der Waals surface area contributed by atoms with Crippen molar-refractivity contribution < 1.29 is 24.5 Å². The number of benzene rings is 1. The van der Waals surface area contributed by atoms with Crippen molar-refractivity contribution in [2.45, 2.75) is 0 Å². The van der Waals surface area contributed by atoms with E-state index in [0.29, 0.717) is 5.82 Å². The number of para-hydroxylation sites is 1. The van der Waals surface area contributed by atoms with E-state index in [-0.39, 0.29) is 20.1 Å². The molecule has 0 aliphatic carbocycles. The Morgan fingerprint density at radius 3 is 2.75 bits per heavy atom. The van der Waals surface area contributed by atoms with Gasteiger partial charge in [-0.1, -0.05) is 18.2 Å². The van der Waals surface area contributed by atoms with Gasteiger partial charge in [-0.25, -0.2) is 4.98 Å². The third kappa shape index (κ3) is 1.89. The number of hydrogen-bond acceptors (Lipinski definition) is 4. The van der Waals surface area contributed by atoms with Gasteiger partial charge in [0.1, 0.15) is 5.58 Å². The molecule has 103 valence electrons. The van der Waals surface area contributed by atoms with Gasteiger partial charge < -0.3 is 20.0 Å². The molecule has 0 unspecified atom stereocenters. The summed E-state index contributed by atoms with van der Waals surface area (Å²) in [6.07, 6.45) is 5.50. The van der Waals surface area contributed by atoms with Crippen LogP contribution in [0.25, 0.3) is 27.5 Å². The fraction of sp³-hybridized carbons (Fsp3) is 0.0714. The SMILES string of the molecule is CN1C=CN(c2nccc3c2oc2ccccc23)[N-]1.[Ir]. The molecule has 6 heteroatoms. The van der Waals surface area contributed by atoms with Gasteiger partial charge in [-0.05, 0) is 25.4 Å². The number of furan rings is 1. The van der Waals surface area contributed by atoms with Gasteiger partial charge in [0.25, 0.3) is 0 Å². The molecule has 5 nitrogen and oxygen atoms in total. The van der Waals surface area contributed by atoms with Crippen molar-refractivity contribution in [2.24, 2.45) is 0 Å². The van der Waals surface area contributed by atoms with E-state index < -0.39 is 0 Å². The Hall–Kier alpha value is -1.88. The number of pyridine rings is 1. The molecule has 0 spiro atoms. The van der Waals surface area contributed by atoms with Crippen molar-refractivity contribution in [3.8, 4) is 0 Å². The first-order chi connectivity index (χ1) is 9.33. The molecule has 1 aliphatic heterocycles. The molecule has 0 atom stereocenters. The summed E-state index contributed by atoms with van der Waals surface area (Å²) in [6, 6.07) is 9.95. The molecule has 1 aliphatic rings. The van der Waals surface area contributed by atoms with Crippen LogP contribution in [-0.2, 0) is 20.1 Å². The van der Waals surface area contributed by atoms with Gasteiger partial charge in [-0.2, -0.15) is 0 Å². The van der Waals surface area contributed by atoms with Crippen LogP contribution in [0.15, 0.2) is 53.3 Å². The Morgan fingerprint density at radius 1 is 1.10 bits per heavy atom. The van der Waals surface area contributed by atoms with E-state index in [2.05, 4.69) is 10.5 Å². The summed E-state index contributed by atoms with van der Waals surface area (Å²) in [6.45, 7) is 0. The molecule has 20 heavy (non-hydrogen) atoms. The normalized spacial score (nSPS) is 14.2. The second kappa shape index (κ2) is 4.90. The zero-order valence-electron chi connectivity index (χ0n) is 10.6. The summed E-state index contributed by atoms with van der Waals surface area (Å²) >= 11 is 0. The molecule has 0 saturated heterocycles. The van der Waals surface area contributed by atoms with E-state index >= 15 is 0 Å². The number of anilines is 1. The monoisotopic (exact) mass is 444 g/mol. The number of rotatable bonds is 1. The van der Waals surface area contributed by atoms with Crippen molar-refractivity contribution in [2.75, 3.05) is 12.1 Å². The largest absolute Gasteiger partial charge is 0.469 e. The minimum absolute atomic E-state index is 0. The van der Waals surface area contributed by atoms with Crippen molar-refractivity contribution in [1.29, 1.82) is 0 Å². The molecule has 0 saturated carbocycles. The zero-order chi connectivity index (χ0) is 12.8. The van der Waals surface area contributed by atoms with Crippen LogP contribution in [0.2, 0.25) is 0 Å². The van der Waals surface area contributed by atoms with Crippen molar-refractivity contribution >= 4 is 27.8 Å². The van der Waals surface area contributed by atoms with Crippen LogP contribution in [0.1, 0.15) is 0 Å². The van der Waals surface area contributed by atoms with Gasteiger partial charge >= 0.3 is 0 Å². The second-order valence-corrected chi connectivity index (χ2v) is 4.42. The molecule has 0 bridgehead atoms. The molecular formula is C14H11IrN4O-. The second-order valence-electron chi connectivity index (χ2n) is 4.42. The first-order valence-electron chi connectivity index (χ1n) is 6.01. The average molecular weight is 443 g/mol. The fourth-order valence-electron chi connectivity index (χ4n) is 2.29. The van der Waals surface area contributed by atoms with Gasteiger partial charge in [0.2, 0.25) is 0 Å². The summed E-state index contributed by atoms with van der Waals surface area (Å²) in [4.78, 5) is 4.38. The van der Waals surface area contributed by atoms with Crippen molar-refractivity contribution in [3.63, 3.8) is 0 Å². The molecule has 0 fully saturated rings. The molecule has 1 aromatic carbocycles. The third-order valence-corrected chi connectivity index (χ3v) is 3.15. The van der Waals surface area contributed by atoms with Crippen LogP contribution >= 0.6 is 0 Å². The Morgan fingerprint density at radius 2 is 1.95 bits per heavy atom. The molecule has 4 rings (SSSR count). The predicted octanol–water partition coefficient (Wildman–Crippen LogP) is 3.41. The molecule has 3 aromatic rings. The van der Waals surface area contributed by atoms with Gasteiger partial charge in [0.15, 0.2) is 11.4 Å². The molecule has 0 N–H and O–H groups in total. The quantitative estimate of drug-likeness (QED) is 0.579. The summed E-state index contributed by atoms with van der Waals surface area (Å²) in [7, 11) is 1.87. The molecule has 0 amide bonds. The Bertz CT molecular complexity index is 798. The standard InChI is InChI=1S/C14H11N4O.Ir/c1-17-8-9-18(16-17)14-13-11(6-7-15-14)10-4-2-3-5-12(10)19-13;/h2-9H,1H3;/q-1;. The van der Waals surface area contributed by atoms with Crippen molar-refractivity contribution in [3.05, 3.63) is 54.5 Å². The fourth-order valence-corrected chi connectivity index (χ4v) is 2.29. The Kier molecular flexibility index (Phi) is 3.22. The van der Waals surface area contributed by atoms with E-state index in [1.807, 2.05) is 49.8 Å². The van der Waals surface area contributed by atoms with Crippen LogP contribution in [-0.4, -0.2) is 17.0 Å². The average Bonchev–Trinajstić information content (AvgIpc) is 3.02. The summed E-state index contributed by atoms with van der Waals surface area (Å²) < 4.78 is 5.91. The van der Waals surface area contributed by atoms with E-state index in [1.54, 1.807) is 16.2 Å². The van der Waals surface area contributed by atoms with E-state index in [1.165, 1.54) is 0 Å². The van der Waals surface area contributed by atoms with E-state index in [4.69, 9.17) is 4.42 Å². The number of hydrogen-bond donors (Lipinski definition) is 0. The maximum Gasteiger partial charge on any atom is 0.176 e. The summed E-state index contributed by atoms with van der Waals surface area (Å²) in [5.41, 5.74) is 5.93. The van der Waals surface area contributed by atoms with Gasteiger partial charge in [0, 0.05) is 43.3 Å². The first-order valence-corrected chi connectivity index (χ1v) is 6.01. The minimum atomic E-state index is 0. The van der Waals surface area contributed by atoms with E-state index in [9.17, 15) is 0 Å². The van der Waals surface area contributed by atoms with Gasteiger partial charge in [-0.15, -0.1) is 0 Å². The Labute approximate surface area is 129 Å². The van der Waals surface area contributed by atoms with Gasteiger partial charge in [-0.3, -0.25) is 0 Å². The number of fused-ring (bicyclic) bond motifs is 3. The molecule has 2 aromatic heterocycles. The van der Waals surface area contributed by atoms with Crippen LogP contribution in [0, 0.1) is 0 Å². The number of aromatic nitrogens is 1. The molecular weight excluding hydrogens is 432 g/mol. The summed E-state index contributed by atoms with van der Waals surface area (Å²) in [5.74, 6) is 0.703. The van der Waals surface area contributed by atoms with E-state index in [0.717, 1.165) is 21.9 Å². The summed E-state index contributed by atoms with van der Waals surface area (Å²) in [5, 5.41) is 5.59. The van der Waals surface area contributed by atoms with Crippen LogP contribution in [0.5, 0.6) is 0 Å². The third-order valence-electron chi connectivity index (χ3n) is 3.15. The van der Waals surface area contributed by atoms with Crippen molar-refractivity contribution in [1.82, 2.24) is 9.99 Å². The molecule has 3 heterocycles. The Balaban J connectivity index is 0.00000121. The first kappa shape index (κ1) is 13.1. The zero-order valence-corrected chi connectivity index (χ0v) is 13.0. The van der Waals surface area contributed by atoms with Crippen LogP contribution in [0.4, 0.5) is 5.82 Å². The van der Waals surface area contributed by atoms with Crippen LogP contribution in [0.3, 0.4) is 0 Å². The van der Waals surface area contributed by atoms with Crippen LogP contribution < -0.4 is 5.01 Å². The van der Waals surface area contributed by atoms with Gasteiger partial charge in [0.05, 0.1) is 0 Å². The molecule has 1 radical (unpaired) electrons. The smallest absolute Gasteiger partial charge is 0.176 e. The minimum Gasteiger partial charge on any atom is -0.469 e. The maximum atomic E-state index is 5.91. The predicted molar refractivity (Wildman–Crippen MR) is 74.3 cm³/mol. The topological polar surface area (TPSA) is 46.6 Å². The number of nitrogens with zero attached hydrogens (tertiary/aromatic N) is 4.